The Labute approximate surface area is 140 Å². The number of hydrogen-bond acceptors (Lipinski definition) is 4. The molecule has 0 aromatic heterocycles. The lowest BCUT2D eigenvalue weighted by molar-refractivity contribution is -0.133. The summed E-state index contributed by atoms with van der Waals surface area (Å²) in [4.78, 5) is 29.1. The molecule has 6 nitrogen and oxygen atoms in total. The fraction of sp³-hybridized carbons (Fsp3) is 0.846. The maximum atomic E-state index is 11.8. The van der Waals surface area contributed by atoms with E-state index >= 15 is 0 Å². The molecule has 1 rings (SSSR count). The highest BCUT2D eigenvalue weighted by Crippen LogP contribution is 2.04. The number of nitrogens with zero attached hydrogens (tertiary/aromatic N) is 3. The van der Waals surface area contributed by atoms with Crippen molar-refractivity contribution in [3.63, 3.8) is 0 Å². The predicted octanol–water partition coefficient (Wildman–Crippen LogP) is 0.0620. The van der Waals surface area contributed by atoms with Crippen molar-refractivity contribution in [3.05, 3.63) is 0 Å². The molecule has 0 atom stereocenters. The minimum absolute atomic E-state index is 0. The zero-order chi connectivity index (χ0) is 14.3. The quantitative estimate of drug-likeness (QED) is 0.741. The molecule has 1 saturated heterocycles. The minimum Gasteiger partial charge on any atom is -0.349 e. The molecule has 1 aliphatic rings. The molecule has 126 valence electrons. The van der Waals surface area contributed by atoms with Crippen LogP contribution in [0.4, 0.5) is 0 Å². The maximum Gasteiger partial charge on any atom is 0.223 e. The van der Waals surface area contributed by atoms with E-state index in [0.29, 0.717) is 12.8 Å². The van der Waals surface area contributed by atoms with Gasteiger partial charge in [-0.25, -0.2) is 0 Å². The second kappa shape index (κ2) is 12.0. The van der Waals surface area contributed by atoms with Gasteiger partial charge in [-0.3, -0.25) is 14.5 Å². The summed E-state index contributed by atoms with van der Waals surface area (Å²) >= 11 is 0. The van der Waals surface area contributed by atoms with Gasteiger partial charge >= 0.3 is 0 Å². The third-order valence-corrected chi connectivity index (χ3v) is 3.45. The highest BCUT2D eigenvalue weighted by atomic mass is 35.5. The van der Waals surface area contributed by atoms with Crippen LogP contribution in [-0.2, 0) is 9.59 Å². The van der Waals surface area contributed by atoms with E-state index < -0.39 is 0 Å². The van der Waals surface area contributed by atoms with Crippen LogP contribution >= 0.6 is 24.8 Å². The van der Waals surface area contributed by atoms with Crippen LogP contribution in [0.2, 0.25) is 0 Å². The van der Waals surface area contributed by atoms with E-state index in [9.17, 15) is 9.59 Å². The van der Waals surface area contributed by atoms with E-state index in [0.717, 1.165) is 39.3 Å². The summed E-state index contributed by atoms with van der Waals surface area (Å²) < 4.78 is 0. The Hall–Kier alpha value is -0.560. The first-order valence-electron chi connectivity index (χ1n) is 6.89. The average molecular weight is 343 g/mol. The largest absolute Gasteiger partial charge is 0.349 e. The van der Waals surface area contributed by atoms with Crippen molar-refractivity contribution in [2.75, 3.05) is 60.4 Å². The normalized spacial score (nSPS) is 14.9. The molecule has 2 amide bonds. The molecule has 1 aliphatic heterocycles. The molecule has 1 heterocycles. The summed E-state index contributed by atoms with van der Waals surface area (Å²) in [5.41, 5.74) is 0. The zero-order valence-electron chi connectivity index (χ0n) is 13.1. The monoisotopic (exact) mass is 342 g/mol. The van der Waals surface area contributed by atoms with E-state index in [1.54, 1.807) is 19.0 Å². The van der Waals surface area contributed by atoms with Crippen LogP contribution < -0.4 is 5.32 Å². The molecule has 1 fully saturated rings. The summed E-state index contributed by atoms with van der Waals surface area (Å²) in [6, 6.07) is 0. The Morgan fingerprint density at radius 3 is 2.10 bits per heavy atom. The van der Waals surface area contributed by atoms with Crippen LogP contribution in [0.15, 0.2) is 0 Å². The van der Waals surface area contributed by atoms with Gasteiger partial charge in [0.2, 0.25) is 11.8 Å². The summed E-state index contributed by atoms with van der Waals surface area (Å²) in [6.45, 7) is 4.81. The SMILES string of the molecule is CNCCC(=O)N1CCN(CCC(=O)N(C)C)CC1.Cl.Cl. The van der Waals surface area contributed by atoms with E-state index in [1.807, 2.05) is 11.9 Å². The van der Waals surface area contributed by atoms with E-state index in [2.05, 4.69) is 10.2 Å². The number of piperazine rings is 1. The topological polar surface area (TPSA) is 55.9 Å². The summed E-state index contributed by atoms with van der Waals surface area (Å²) in [5.74, 6) is 0.380. The van der Waals surface area contributed by atoms with Crippen LogP contribution in [-0.4, -0.2) is 86.9 Å². The Kier molecular flexibility index (Phi) is 13.0. The minimum atomic E-state index is 0. The second-order valence-electron chi connectivity index (χ2n) is 5.11. The number of hydrogen-bond donors (Lipinski definition) is 1. The molecule has 1 N–H and O–H groups in total. The molecule has 0 bridgehead atoms. The average Bonchev–Trinajstić information content (AvgIpc) is 2.42. The summed E-state index contributed by atoms with van der Waals surface area (Å²) in [6.07, 6.45) is 1.12. The van der Waals surface area contributed by atoms with E-state index in [-0.39, 0.29) is 36.6 Å². The molecule has 0 aliphatic carbocycles. The number of rotatable bonds is 6. The maximum absolute atomic E-state index is 11.8. The van der Waals surface area contributed by atoms with Gasteiger partial charge in [0.1, 0.15) is 0 Å². The number of nitrogens with one attached hydrogen (secondary N) is 1. The lowest BCUT2D eigenvalue weighted by Crippen LogP contribution is -2.49. The predicted molar refractivity (Wildman–Crippen MR) is 89.4 cm³/mol. The molecule has 0 radical (unpaired) electrons. The van der Waals surface area contributed by atoms with Gasteiger partial charge < -0.3 is 15.1 Å². The van der Waals surface area contributed by atoms with Gasteiger partial charge in [0.15, 0.2) is 0 Å². The number of carbonyl (C=O) groups excluding carboxylic acids is 2. The fourth-order valence-electron chi connectivity index (χ4n) is 2.09. The second-order valence-corrected chi connectivity index (χ2v) is 5.11. The van der Waals surface area contributed by atoms with Crippen LogP contribution in [0.1, 0.15) is 12.8 Å². The molecular formula is C13H28Cl2N4O2. The number of halogens is 2. The van der Waals surface area contributed by atoms with E-state index in [4.69, 9.17) is 0 Å². The summed E-state index contributed by atoms with van der Waals surface area (Å²) in [5, 5.41) is 2.99. The molecule has 21 heavy (non-hydrogen) atoms. The van der Waals surface area contributed by atoms with Gasteiger partial charge in [-0.1, -0.05) is 0 Å². The van der Waals surface area contributed by atoms with Crippen molar-refractivity contribution in [1.82, 2.24) is 20.0 Å². The van der Waals surface area contributed by atoms with Crippen molar-refractivity contribution in [3.8, 4) is 0 Å². The third kappa shape index (κ3) is 8.46. The van der Waals surface area contributed by atoms with Gasteiger partial charge in [-0.2, -0.15) is 0 Å². The number of amides is 2. The molecule has 0 aromatic carbocycles. The highest BCUT2D eigenvalue weighted by Gasteiger charge is 2.20. The van der Waals surface area contributed by atoms with Crippen molar-refractivity contribution >= 4 is 36.6 Å². The van der Waals surface area contributed by atoms with Crippen molar-refractivity contribution in [2.45, 2.75) is 12.8 Å². The molecule has 8 heteroatoms. The first-order chi connectivity index (χ1) is 9.04. The van der Waals surface area contributed by atoms with Crippen molar-refractivity contribution in [2.24, 2.45) is 0 Å². The fourth-order valence-corrected chi connectivity index (χ4v) is 2.09. The van der Waals surface area contributed by atoms with Gasteiger partial charge in [-0.05, 0) is 7.05 Å². The van der Waals surface area contributed by atoms with Gasteiger partial charge in [0, 0.05) is 66.2 Å². The Balaban J connectivity index is 0. The van der Waals surface area contributed by atoms with Gasteiger partial charge in [-0.15, -0.1) is 24.8 Å². The van der Waals surface area contributed by atoms with E-state index in [1.165, 1.54) is 0 Å². The van der Waals surface area contributed by atoms with Gasteiger partial charge in [0.25, 0.3) is 0 Å². The Bertz CT molecular complexity index is 309. The molecular weight excluding hydrogens is 315 g/mol. The lowest BCUT2D eigenvalue weighted by atomic mass is 10.2. The highest BCUT2D eigenvalue weighted by molar-refractivity contribution is 5.85. The lowest BCUT2D eigenvalue weighted by Gasteiger charge is -2.34. The summed E-state index contributed by atoms with van der Waals surface area (Å²) in [7, 11) is 5.41. The van der Waals surface area contributed by atoms with Crippen molar-refractivity contribution in [1.29, 1.82) is 0 Å². The first kappa shape index (κ1) is 22.7. The van der Waals surface area contributed by atoms with Crippen LogP contribution in [0, 0.1) is 0 Å². The van der Waals surface area contributed by atoms with Crippen LogP contribution in [0.3, 0.4) is 0 Å². The number of carbonyl (C=O) groups is 2. The van der Waals surface area contributed by atoms with Crippen LogP contribution in [0.25, 0.3) is 0 Å². The molecule has 0 spiro atoms. The molecule has 0 unspecified atom stereocenters. The standard InChI is InChI=1S/C13H26N4O2.2ClH/c1-14-6-4-13(19)17-10-8-16(9-11-17)7-5-12(18)15(2)3;;/h14H,4-11H2,1-3H3;2*1H. The molecule has 0 aromatic rings. The molecule has 0 saturated carbocycles. The van der Waals surface area contributed by atoms with Crippen molar-refractivity contribution < 1.29 is 9.59 Å². The van der Waals surface area contributed by atoms with Gasteiger partial charge in [0.05, 0.1) is 0 Å². The van der Waals surface area contributed by atoms with Crippen LogP contribution in [0.5, 0.6) is 0 Å². The zero-order valence-corrected chi connectivity index (χ0v) is 14.8. The third-order valence-electron chi connectivity index (χ3n) is 3.45. The Morgan fingerprint density at radius 2 is 1.62 bits per heavy atom. The smallest absolute Gasteiger partial charge is 0.223 e. The Morgan fingerprint density at radius 1 is 1.05 bits per heavy atom. The first-order valence-corrected chi connectivity index (χ1v) is 6.89.